The third-order valence-electron chi connectivity index (χ3n) is 6.51. The molecule has 1 aromatic carbocycles. The number of hydrogen-bond donors (Lipinski definition) is 2. The van der Waals surface area contributed by atoms with E-state index in [9.17, 15) is 4.79 Å². The number of nitrogens with zero attached hydrogens (tertiary/aromatic N) is 4. The normalized spacial score (nSPS) is 17.5. The molecule has 1 fully saturated rings. The van der Waals surface area contributed by atoms with E-state index in [4.69, 9.17) is 19.1 Å². The summed E-state index contributed by atoms with van der Waals surface area (Å²) in [5, 5.41) is 4.02. The lowest BCUT2D eigenvalue weighted by Crippen LogP contribution is -2.56. The minimum atomic E-state index is -0.0167. The molecular formula is C25H26N6O3. The zero-order chi connectivity index (χ0) is 22.9. The van der Waals surface area contributed by atoms with Crippen LogP contribution < -0.4 is 15.1 Å². The predicted octanol–water partition coefficient (Wildman–Crippen LogP) is 2.95. The Morgan fingerprint density at radius 2 is 2.21 bits per heavy atom. The molecule has 0 aliphatic carbocycles. The minimum absolute atomic E-state index is 0.0167. The molecule has 4 aromatic rings. The van der Waals surface area contributed by atoms with Crippen molar-refractivity contribution in [2.75, 3.05) is 42.6 Å². The fourth-order valence-electron chi connectivity index (χ4n) is 4.78. The molecule has 1 unspecified atom stereocenters. The van der Waals surface area contributed by atoms with Gasteiger partial charge in [0.05, 0.1) is 43.9 Å². The van der Waals surface area contributed by atoms with Crippen LogP contribution in [-0.2, 0) is 16.1 Å². The number of amides is 1. The van der Waals surface area contributed by atoms with Crippen LogP contribution in [0.1, 0.15) is 12.2 Å². The molecule has 174 valence electrons. The van der Waals surface area contributed by atoms with Gasteiger partial charge in [-0.15, -0.1) is 0 Å². The zero-order valence-corrected chi connectivity index (χ0v) is 18.7. The van der Waals surface area contributed by atoms with Crippen molar-refractivity contribution in [2.45, 2.75) is 19.0 Å². The highest BCUT2D eigenvalue weighted by molar-refractivity contribution is 5.93. The SMILES string of the molecule is O=C(CCN1CC2COCCN2c2nc(-c3cccc4[nH]ccc34)ncc21)NCc1ccco1. The molecule has 9 heteroatoms. The maximum absolute atomic E-state index is 12.5. The van der Waals surface area contributed by atoms with Crippen molar-refractivity contribution in [3.8, 4) is 11.4 Å². The summed E-state index contributed by atoms with van der Waals surface area (Å²) in [5.74, 6) is 2.34. The molecule has 0 bridgehead atoms. The lowest BCUT2D eigenvalue weighted by atomic mass is 10.1. The van der Waals surface area contributed by atoms with Crippen molar-refractivity contribution in [2.24, 2.45) is 0 Å². The fraction of sp³-hybridized carbons (Fsp3) is 0.320. The third kappa shape index (κ3) is 3.88. The molecule has 5 heterocycles. The molecule has 1 atom stereocenters. The summed E-state index contributed by atoms with van der Waals surface area (Å²) in [7, 11) is 0. The molecule has 2 aliphatic heterocycles. The van der Waals surface area contributed by atoms with E-state index in [-0.39, 0.29) is 11.9 Å². The van der Waals surface area contributed by atoms with Gasteiger partial charge in [-0.2, -0.15) is 0 Å². The number of carbonyl (C=O) groups excluding carboxylic acids is 1. The van der Waals surface area contributed by atoms with Gasteiger partial charge in [-0.3, -0.25) is 4.79 Å². The summed E-state index contributed by atoms with van der Waals surface area (Å²) >= 11 is 0. The molecular weight excluding hydrogens is 432 g/mol. The molecule has 2 aliphatic rings. The second-order valence-electron chi connectivity index (χ2n) is 8.62. The summed E-state index contributed by atoms with van der Waals surface area (Å²) < 4.78 is 11.1. The number of fused-ring (bicyclic) bond motifs is 4. The number of hydrogen-bond acceptors (Lipinski definition) is 7. The third-order valence-corrected chi connectivity index (χ3v) is 6.51. The number of rotatable bonds is 6. The van der Waals surface area contributed by atoms with Crippen molar-refractivity contribution in [3.05, 3.63) is 60.8 Å². The Kier molecular flexibility index (Phi) is 5.38. The first kappa shape index (κ1) is 20.7. The molecule has 9 nitrogen and oxygen atoms in total. The Morgan fingerprint density at radius 3 is 3.12 bits per heavy atom. The van der Waals surface area contributed by atoms with Gasteiger partial charge in [0.25, 0.3) is 0 Å². The highest BCUT2D eigenvalue weighted by atomic mass is 16.5. The molecule has 0 spiro atoms. The average molecular weight is 459 g/mol. The maximum Gasteiger partial charge on any atom is 0.222 e. The number of H-pyrrole nitrogens is 1. The fourth-order valence-corrected chi connectivity index (χ4v) is 4.78. The first-order valence-electron chi connectivity index (χ1n) is 11.6. The number of benzene rings is 1. The first-order chi connectivity index (χ1) is 16.8. The van der Waals surface area contributed by atoms with Crippen LogP contribution in [0.4, 0.5) is 11.5 Å². The quantitative estimate of drug-likeness (QED) is 0.458. The number of aromatic nitrogens is 3. The largest absolute Gasteiger partial charge is 0.467 e. The highest BCUT2D eigenvalue weighted by Crippen LogP contribution is 2.37. The Balaban J connectivity index is 1.26. The lowest BCUT2D eigenvalue weighted by Gasteiger charge is -2.45. The van der Waals surface area contributed by atoms with Crippen LogP contribution in [0.25, 0.3) is 22.3 Å². The van der Waals surface area contributed by atoms with E-state index in [2.05, 4.69) is 32.2 Å². The van der Waals surface area contributed by atoms with Crippen molar-refractivity contribution in [1.82, 2.24) is 20.3 Å². The van der Waals surface area contributed by atoms with E-state index in [1.54, 1.807) is 6.26 Å². The second kappa shape index (κ2) is 8.83. The van der Waals surface area contributed by atoms with Gasteiger partial charge in [0.2, 0.25) is 5.91 Å². The van der Waals surface area contributed by atoms with Crippen LogP contribution in [0.2, 0.25) is 0 Å². The predicted molar refractivity (Wildman–Crippen MR) is 129 cm³/mol. The number of carbonyl (C=O) groups is 1. The lowest BCUT2D eigenvalue weighted by molar-refractivity contribution is -0.121. The number of anilines is 2. The monoisotopic (exact) mass is 458 g/mol. The summed E-state index contributed by atoms with van der Waals surface area (Å²) in [6, 6.07) is 12.0. The van der Waals surface area contributed by atoms with Gasteiger partial charge in [-0.1, -0.05) is 12.1 Å². The molecule has 0 saturated carbocycles. The van der Waals surface area contributed by atoms with E-state index in [1.165, 1.54) is 0 Å². The van der Waals surface area contributed by atoms with Gasteiger partial charge in [0.15, 0.2) is 11.6 Å². The number of nitrogens with one attached hydrogen (secondary N) is 2. The second-order valence-corrected chi connectivity index (χ2v) is 8.62. The molecule has 3 aromatic heterocycles. The van der Waals surface area contributed by atoms with Gasteiger partial charge in [0.1, 0.15) is 5.76 Å². The Labute approximate surface area is 196 Å². The van der Waals surface area contributed by atoms with Crippen LogP contribution in [0.3, 0.4) is 0 Å². The number of furan rings is 1. The van der Waals surface area contributed by atoms with Gasteiger partial charge in [-0.05, 0) is 24.3 Å². The smallest absolute Gasteiger partial charge is 0.222 e. The molecule has 0 radical (unpaired) electrons. The van der Waals surface area contributed by atoms with Crippen molar-refractivity contribution < 1.29 is 13.9 Å². The van der Waals surface area contributed by atoms with Crippen LogP contribution in [-0.4, -0.2) is 59.7 Å². The summed E-state index contributed by atoms with van der Waals surface area (Å²) in [5.41, 5.74) is 3.02. The van der Waals surface area contributed by atoms with Crippen molar-refractivity contribution in [3.63, 3.8) is 0 Å². The summed E-state index contributed by atoms with van der Waals surface area (Å²) in [4.78, 5) is 30.0. The zero-order valence-electron chi connectivity index (χ0n) is 18.7. The van der Waals surface area contributed by atoms with E-state index in [0.717, 1.165) is 46.8 Å². The van der Waals surface area contributed by atoms with E-state index < -0.39 is 0 Å². The highest BCUT2D eigenvalue weighted by Gasteiger charge is 2.35. The number of ether oxygens (including phenoxy) is 1. The first-order valence-corrected chi connectivity index (χ1v) is 11.6. The van der Waals surface area contributed by atoms with E-state index >= 15 is 0 Å². The van der Waals surface area contributed by atoms with Crippen LogP contribution in [0.5, 0.6) is 0 Å². The summed E-state index contributed by atoms with van der Waals surface area (Å²) in [6.07, 6.45) is 5.81. The minimum Gasteiger partial charge on any atom is -0.467 e. The number of morpholine rings is 1. The average Bonchev–Trinajstić information content (AvgIpc) is 3.58. The van der Waals surface area contributed by atoms with E-state index in [0.29, 0.717) is 38.5 Å². The Hall–Kier alpha value is -3.85. The van der Waals surface area contributed by atoms with Gasteiger partial charge < -0.3 is 29.3 Å². The maximum atomic E-state index is 12.5. The van der Waals surface area contributed by atoms with Crippen LogP contribution >= 0.6 is 0 Å². The molecule has 6 rings (SSSR count). The van der Waals surface area contributed by atoms with Crippen molar-refractivity contribution in [1.29, 1.82) is 0 Å². The Morgan fingerprint density at radius 1 is 1.24 bits per heavy atom. The van der Waals surface area contributed by atoms with Crippen molar-refractivity contribution >= 4 is 28.3 Å². The van der Waals surface area contributed by atoms with E-state index in [1.807, 2.05) is 36.7 Å². The molecule has 1 saturated heterocycles. The molecule has 1 amide bonds. The van der Waals surface area contributed by atoms with Gasteiger partial charge >= 0.3 is 0 Å². The molecule has 2 N–H and O–H groups in total. The van der Waals surface area contributed by atoms with Gasteiger partial charge in [-0.25, -0.2) is 9.97 Å². The van der Waals surface area contributed by atoms with Gasteiger partial charge in [0, 0.05) is 48.7 Å². The number of aromatic amines is 1. The van der Waals surface area contributed by atoms with Crippen LogP contribution in [0.15, 0.2) is 59.5 Å². The Bertz CT molecular complexity index is 1300. The molecule has 34 heavy (non-hydrogen) atoms. The van der Waals surface area contributed by atoms with Crippen LogP contribution in [0, 0.1) is 0 Å². The standard InChI is InChI=1S/C25H26N6O3/c32-23(27-13-18-3-2-11-34-18)7-9-30-15-17-16-33-12-10-31(17)25-22(30)14-28-24(29-25)20-4-1-5-21-19(20)6-8-26-21/h1-6,8,11,14,17,26H,7,9-10,12-13,15-16H2,(H,27,32). The topological polar surface area (TPSA) is 99.5 Å². The summed E-state index contributed by atoms with van der Waals surface area (Å²) in [6.45, 7) is 3.86.